The van der Waals surface area contributed by atoms with E-state index in [1.165, 1.54) is 12.1 Å². The number of nitrogens with zero attached hydrogens (tertiary/aromatic N) is 2. The molecule has 0 bridgehead atoms. The first-order valence-corrected chi connectivity index (χ1v) is 6.23. The van der Waals surface area contributed by atoms with Crippen LogP contribution in [-0.2, 0) is 11.3 Å². The third-order valence-electron chi connectivity index (χ3n) is 2.97. The minimum Gasteiger partial charge on any atom is -0.383 e. The molecule has 19 heavy (non-hydrogen) atoms. The molecule has 1 N–H and O–H groups in total. The molecule has 1 atom stereocenters. The van der Waals surface area contributed by atoms with Crippen molar-refractivity contribution in [3.63, 3.8) is 0 Å². The van der Waals surface area contributed by atoms with E-state index in [0.717, 1.165) is 18.1 Å². The molecule has 0 radical (unpaired) electrons. The Morgan fingerprint density at radius 3 is 2.79 bits per heavy atom. The number of ether oxygens (including phenoxy) is 1. The largest absolute Gasteiger partial charge is 0.383 e. The van der Waals surface area contributed by atoms with Gasteiger partial charge in [-0.2, -0.15) is 0 Å². The van der Waals surface area contributed by atoms with Crippen LogP contribution in [0, 0.1) is 5.82 Å². The minimum absolute atomic E-state index is 0.0595. The van der Waals surface area contributed by atoms with Gasteiger partial charge in [-0.15, -0.1) is 0 Å². The van der Waals surface area contributed by atoms with E-state index in [1.807, 2.05) is 17.7 Å². The lowest BCUT2D eigenvalue weighted by atomic mass is 10.1. The number of hydrogen-bond donors (Lipinski definition) is 1. The van der Waals surface area contributed by atoms with Crippen molar-refractivity contribution >= 4 is 5.95 Å². The zero-order chi connectivity index (χ0) is 13.7. The molecule has 2 aromatic rings. The van der Waals surface area contributed by atoms with Crippen molar-refractivity contribution in [2.45, 2.75) is 19.5 Å². The van der Waals surface area contributed by atoms with Gasteiger partial charge in [0.05, 0.1) is 12.6 Å². The smallest absolute Gasteiger partial charge is 0.203 e. The van der Waals surface area contributed by atoms with Gasteiger partial charge in [-0.05, 0) is 24.6 Å². The number of nitrogens with one attached hydrogen (secondary N) is 1. The Balaban J connectivity index is 2.04. The topological polar surface area (TPSA) is 39.1 Å². The molecular weight excluding hydrogens is 245 g/mol. The second-order valence-corrected chi connectivity index (χ2v) is 4.35. The molecule has 0 spiro atoms. The summed E-state index contributed by atoms with van der Waals surface area (Å²) in [6, 6.07) is 6.53. The van der Waals surface area contributed by atoms with Crippen molar-refractivity contribution in [2.75, 3.05) is 19.0 Å². The average molecular weight is 263 g/mol. The predicted octanol–water partition coefficient (Wildman–Crippen LogP) is 2.84. The highest BCUT2D eigenvalue weighted by Crippen LogP contribution is 2.18. The van der Waals surface area contributed by atoms with Gasteiger partial charge in [0.2, 0.25) is 5.95 Å². The Bertz CT molecular complexity index is 510. The molecule has 0 saturated heterocycles. The summed E-state index contributed by atoms with van der Waals surface area (Å²) in [4.78, 5) is 4.27. The Kier molecular flexibility index (Phi) is 4.52. The summed E-state index contributed by atoms with van der Waals surface area (Å²) in [5.41, 5.74) is 1.02. The average Bonchev–Trinajstić information content (AvgIpc) is 2.84. The van der Waals surface area contributed by atoms with Gasteiger partial charge in [-0.25, -0.2) is 9.37 Å². The van der Waals surface area contributed by atoms with Crippen LogP contribution in [0.15, 0.2) is 36.7 Å². The van der Waals surface area contributed by atoms with Crippen LogP contribution in [0.2, 0.25) is 0 Å². The van der Waals surface area contributed by atoms with Crippen LogP contribution in [0.5, 0.6) is 0 Å². The Morgan fingerprint density at radius 1 is 1.37 bits per heavy atom. The van der Waals surface area contributed by atoms with Crippen molar-refractivity contribution in [1.29, 1.82) is 0 Å². The monoisotopic (exact) mass is 263 g/mol. The quantitative estimate of drug-likeness (QED) is 0.871. The van der Waals surface area contributed by atoms with Crippen molar-refractivity contribution in [2.24, 2.45) is 0 Å². The van der Waals surface area contributed by atoms with Crippen molar-refractivity contribution < 1.29 is 9.13 Å². The molecular formula is C14H18FN3O. The number of aromatic nitrogens is 2. The van der Waals surface area contributed by atoms with Gasteiger partial charge in [0.1, 0.15) is 5.82 Å². The summed E-state index contributed by atoms with van der Waals surface area (Å²) in [5.74, 6) is 0.561. The highest BCUT2D eigenvalue weighted by atomic mass is 19.1. The molecule has 1 heterocycles. The fourth-order valence-electron chi connectivity index (χ4n) is 1.85. The zero-order valence-corrected chi connectivity index (χ0v) is 11.1. The van der Waals surface area contributed by atoms with E-state index in [2.05, 4.69) is 10.3 Å². The third-order valence-corrected chi connectivity index (χ3v) is 2.97. The normalized spacial score (nSPS) is 12.4. The standard InChI is InChI=1S/C14H18FN3O/c1-11(12-3-5-13(15)6-4-12)17-14-16-7-8-18(14)9-10-19-2/h3-8,11H,9-10H2,1-2H3,(H,16,17). The van der Waals surface area contributed by atoms with Crippen molar-refractivity contribution in [3.8, 4) is 0 Å². The maximum absolute atomic E-state index is 12.9. The van der Waals surface area contributed by atoms with E-state index in [-0.39, 0.29) is 11.9 Å². The van der Waals surface area contributed by atoms with Crippen LogP contribution in [0.3, 0.4) is 0 Å². The van der Waals surface area contributed by atoms with Gasteiger partial charge < -0.3 is 14.6 Å². The Morgan fingerprint density at radius 2 is 2.11 bits per heavy atom. The van der Waals surface area contributed by atoms with E-state index in [1.54, 1.807) is 25.4 Å². The number of rotatable bonds is 6. The summed E-state index contributed by atoms with van der Waals surface area (Å²) in [6.07, 6.45) is 3.65. The number of benzene rings is 1. The van der Waals surface area contributed by atoms with Gasteiger partial charge >= 0.3 is 0 Å². The summed E-state index contributed by atoms with van der Waals surface area (Å²) in [7, 11) is 1.67. The molecule has 1 aromatic heterocycles. The van der Waals surface area contributed by atoms with Crippen molar-refractivity contribution in [3.05, 3.63) is 48.0 Å². The van der Waals surface area contributed by atoms with Crippen LogP contribution in [-0.4, -0.2) is 23.3 Å². The molecule has 2 rings (SSSR count). The van der Waals surface area contributed by atoms with Gasteiger partial charge in [-0.1, -0.05) is 12.1 Å². The lowest BCUT2D eigenvalue weighted by Crippen LogP contribution is -2.13. The molecule has 1 unspecified atom stereocenters. The lowest BCUT2D eigenvalue weighted by molar-refractivity contribution is 0.187. The summed E-state index contributed by atoms with van der Waals surface area (Å²) < 4.78 is 19.9. The molecule has 0 saturated carbocycles. The third kappa shape index (κ3) is 3.54. The minimum atomic E-state index is -0.224. The molecule has 0 fully saturated rings. The highest BCUT2D eigenvalue weighted by molar-refractivity contribution is 5.32. The molecule has 0 amide bonds. The maximum Gasteiger partial charge on any atom is 0.203 e. The summed E-state index contributed by atoms with van der Waals surface area (Å²) in [5, 5.41) is 3.31. The fourth-order valence-corrected chi connectivity index (χ4v) is 1.85. The summed E-state index contributed by atoms with van der Waals surface area (Å²) >= 11 is 0. The number of halogens is 1. The first kappa shape index (κ1) is 13.5. The lowest BCUT2D eigenvalue weighted by Gasteiger charge is -2.16. The summed E-state index contributed by atoms with van der Waals surface area (Å²) in [6.45, 7) is 3.40. The Labute approximate surface area is 112 Å². The molecule has 5 heteroatoms. The second kappa shape index (κ2) is 6.33. The van der Waals surface area contributed by atoms with Gasteiger partial charge in [-0.3, -0.25) is 0 Å². The predicted molar refractivity (Wildman–Crippen MR) is 72.5 cm³/mol. The van der Waals surface area contributed by atoms with Gasteiger partial charge in [0.25, 0.3) is 0 Å². The van der Waals surface area contributed by atoms with E-state index in [4.69, 9.17) is 4.74 Å². The van der Waals surface area contributed by atoms with Crippen LogP contribution >= 0.6 is 0 Å². The van der Waals surface area contributed by atoms with Crippen LogP contribution < -0.4 is 5.32 Å². The Hall–Kier alpha value is -1.88. The number of methoxy groups -OCH3 is 1. The van der Waals surface area contributed by atoms with Crippen LogP contribution in [0.1, 0.15) is 18.5 Å². The van der Waals surface area contributed by atoms with Crippen LogP contribution in [0.4, 0.5) is 10.3 Å². The first-order chi connectivity index (χ1) is 9.20. The van der Waals surface area contributed by atoms with Gasteiger partial charge in [0.15, 0.2) is 0 Å². The number of anilines is 1. The molecule has 0 aliphatic rings. The zero-order valence-electron chi connectivity index (χ0n) is 11.1. The molecule has 4 nitrogen and oxygen atoms in total. The van der Waals surface area contributed by atoms with E-state index in [9.17, 15) is 4.39 Å². The highest BCUT2D eigenvalue weighted by Gasteiger charge is 2.09. The van der Waals surface area contributed by atoms with E-state index < -0.39 is 0 Å². The molecule has 0 aliphatic carbocycles. The fraction of sp³-hybridized carbons (Fsp3) is 0.357. The van der Waals surface area contributed by atoms with E-state index in [0.29, 0.717) is 6.61 Å². The molecule has 0 aliphatic heterocycles. The van der Waals surface area contributed by atoms with Crippen LogP contribution in [0.25, 0.3) is 0 Å². The van der Waals surface area contributed by atoms with Crippen molar-refractivity contribution in [1.82, 2.24) is 9.55 Å². The maximum atomic E-state index is 12.9. The van der Waals surface area contributed by atoms with Gasteiger partial charge in [0, 0.05) is 26.0 Å². The molecule has 102 valence electrons. The first-order valence-electron chi connectivity index (χ1n) is 6.23. The molecule has 1 aromatic carbocycles. The number of imidazole rings is 1. The second-order valence-electron chi connectivity index (χ2n) is 4.35. The number of hydrogen-bond acceptors (Lipinski definition) is 3. The van der Waals surface area contributed by atoms with E-state index >= 15 is 0 Å². The SMILES string of the molecule is COCCn1ccnc1NC(C)c1ccc(F)cc1.